The predicted molar refractivity (Wildman–Crippen MR) is 231 cm³/mol. The average Bonchev–Trinajstić information content (AvgIpc) is 3.78. The van der Waals surface area contributed by atoms with Crippen molar-refractivity contribution in [3.05, 3.63) is 157 Å². The largest absolute Gasteiger partial charge is 0.497 e. The quantitative estimate of drug-likeness (QED) is 0.129. The van der Waals surface area contributed by atoms with Gasteiger partial charge in [0.2, 0.25) is 0 Å². The lowest BCUT2D eigenvalue weighted by atomic mass is 9.90. The molecule has 2 aromatic heterocycles. The number of esters is 2. The molecule has 0 unspecified atom stereocenters. The molecule has 58 heavy (non-hydrogen) atoms. The number of hydrogen-bond donors (Lipinski definition) is 0. The van der Waals surface area contributed by atoms with Crippen LogP contribution in [0, 0.1) is 0 Å². The van der Waals surface area contributed by atoms with Crippen LogP contribution in [0.1, 0.15) is 34.6 Å². The summed E-state index contributed by atoms with van der Waals surface area (Å²) in [4.78, 5) is 28.1. The SMILES string of the molecule is CCOC(=O)c1cc(-c2ccc3c4ccccc4n(-c4ccc(OC)cc4)c3c2)c(C(=O)OCC)cc1-c1ccc2c3ccccc3n(-c3ccc(OC)cc3)c2c1. The van der Waals surface area contributed by atoms with Gasteiger partial charge in [-0.15, -0.1) is 0 Å². The normalized spacial score (nSPS) is 11.4. The highest BCUT2D eigenvalue weighted by Crippen LogP contribution is 2.40. The zero-order valence-electron chi connectivity index (χ0n) is 32.6. The summed E-state index contributed by atoms with van der Waals surface area (Å²) in [7, 11) is 3.30. The fourth-order valence-corrected chi connectivity index (χ4v) is 8.13. The van der Waals surface area contributed by atoms with Crippen molar-refractivity contribution in [2.24, 2.45) is 0 Å². The first-order chi connectivity index (χ1) is 28.4. The summed E-state index contributed by atoms with van der Waals surface area (Å²) in [5.41, 5.74) is 9.18. The number of carbonyl (C=O) groups is 2. The molecule has 0 bridgehead atoms. The number of benzene rings is 7. The molecule has 0 amide bonds. The van der Waals surface area contributed by atoms with Crippen molar-refractivity contribution in [3.63, 3.8) is 0 Å². The molecule has 0 spiro atoms. The summed E-state index contributed by atoms with van der Waals surface area (Å²) in [6.07, 6.45) is 0. The van der Waals surface area contributed by atoms with E-state index in [9.17, 15) is 9.59 Å². The Hall–Kier alpha value is -7.32. The minimum absolute atomic E-state index is 0.186. The van der Waals surface area contributed by atoms with E-state index in [0.29, 0.717) is 22.3 Å². The molecular weight excluding hydrogens is 725 g/mol. The maximum absolute atomic E-state index is 14.0. The lowest BCUT2D eigenvalue weighted by Crippen LogP contribution is -2.12. The zero-order chi connectivity index (χ0) is 39.9. The van der Waals surface area contributed by atoms with E-state index in [1.165, 1.54) is 0 Å². The van der Waals surface area contributed by atoms with Crippen LogP contribution in [0.5, 0.6) is 11.5 Å². The average molecular weight is 765 g/mol. The minimum Gasteiger partial charge on any atom is -0.497 e. The molecule has 8 heteroatoms. The van der Waals surface area contributed by atoms with E-state index in [-0.39, 0.29) is 13.2 Å². The number of hydrogen-bond acceptors (Lipinski definition) is 6. The van der Waals surface area contributed by atoms with Crippen molar-refractivity contribution in [2.45, 2.75) is 13.8 Å². The Morgan fingerprint density at radius 1 is 0.448 bits per heavy atom. The smallest absolute Gasteiger partial charge is 0.338 e. The third kappa shape index (κ3) is 6.10. The van der Waals surface area contributed by atoms with Gasteiger partial charge in [-0.2, -0.15) is 0 Å². The zero-order valence-corrected chi connectivity index (χ0v) is 32.6. The van der Waals surface area contributed by atoms with Crippen LogP contribution in [-0.2, 0) is 9.47 Å². The van der Waals surface area contributed by atoms with Crippen LogP contribution in [0.3, 0.4) is 0 Å². The summed E-state index contributed by atoms with van der Waals surface area (Å²) < 4.78 is 26.7. The molecular formula is C50H40N2O6. The molecule has 0 aliphatic carbocycles. The van der Waals surface area contributed by atoms with Gasteiger partial charge in [0, 0.05) is 32.9 Å². The van der Waals surface area contributed by atoms with Gasteiger partial charge in [0.05, 0.1) is 60.6 Å². The van der Waals surface area contributed by atoms with E-state index in [0.717, 1.165) is 77.6 Å². The van der Waals surface area contributed by atoms with Gasteiger partial charge in [-0.25, -0.2) is 9.59 Å². The van der Waals surface area contributed by atoms with Gasteiger partial charge in [-0.05, 0) is 121 Å². The predicted octanol–water partition coefficient (Wildman–Crippen LogP) is 11.6. The molecule has 0 saturated heterocycles. The Labute approximate surface area is 335 Å². The van der Waals surface area contributed by atoms with Gasteiger partial charge in [-0.1, -0.05) is 60.7 Å². The summed E-state index contributed by atoms with van der Waals surface area (Å²) in [6, 6.07) is 48.3. The lowest BCUT2D eigenvalue weighted by Gasteiger charge is -2.17. The molecule has 0 radical (unpaired) electrons. The van der Waals surface area contributed by atoms with Crippen molar-refractivity contribution in [1.29, 1.82) is 0 Å². The number of nitrogens with zero attached hydrogens (tertiary/aromatic N) is 2. The van der Waals surface area contributed by atoms with Crippen molar-refractivity contribution in [2.75, 3.05) is 27.4 Å². The molecule has 0 fully saturated rings. The molecule has 0 atom stereocenters. The van der Waals surface area contributed by atoms with Gasteiger partial charge >= 0.3 is 11.9 Å². The molecule has 7 aromatic carbocycles. The highest BCUT2D eigenvalue weighted by Gasteiger charge is 2.25. The van der Waals surface area contributed by atoms with Gasteiger partial charge in [-0.3, -0.25) is 0 Å². The molecule has 9 rings (SSSR count). The molecule has 2 heterocycles. The van der Waals surface area contributed by atoms with Crippen molar-refractivity contribution >= 4 is 55.6 Å². The van der Waals surface area contributed by atoms with Gasteiger partial charge in [0.1, 0.15) is 11.5 Å². The van der Waals surface area contributed by atoms with Crippen LogP contribution >= 0.6 is 0 Å². The number of fused-ring (bicyclic) bond motifs is 6. The van der Waals surface area contributed by atoms with Gasteiger partial charge in [0.15, 0.2) is 0 Å². The molecule has 286 valence electrons. The van der Waals surface area contributed by atoms with Crippen LogP contribution in [0.15, 0.2) is 146 Å². The van der Waals surface area contributed by atoms with E-state index in [1.807, 2.05) is 84.9 Å². The van der Waals surface area contributed by atoms with Crippen LogP contribution in [0.4, 0.5) is 0 Å². The topological polar surface area (TPSA) is 80.9 Å². The maximum Gasteiger partial charge on any atom is 0.338 e. The van der Waals surface area contributed by atoms with Gasteiger partial charge < -0.3 is 28.1 Å². The third-order valence-electron chi connectivity index (χ3n) is 10.8. The number of rotatable bonds is 10. The van der Waals surface area contributed by atoms with Crippen LogP contribution in [0.25, 0.3) is 77.2 Å². The Morgan fingerprint density at radius 3 is 1.21 bits per heavy atom. The number of aromatic nitrogens is 2. The Morgan fingerprint density at radius 2 is 0.828 bits per heavy atom. The van der Waals surface area contributed by atoms with Crippen molar-refractivity contribution < 1.29 is 28.5 Å². The summed E-state index contributed by atoms with van der Waals surface area (Å²) in [5.74, 6) is 0.547. The van der Waals surface area contributed by atoms with E-state index >= 15 is 0 Å². The maximum atomic E-state index is 14.0. The van der Waals surface area contributed by atoms with Crippen LogP contribution in [-0.4, -0.2) is 48.5 Å². The second-order valence-electron chi connectivity index (χ2n) is 13.9. The minimum atomic E-state index is -0.488. The first-order valence-corrected chi connectivity index (χ1v) is 19.3. The summed E-state index contributed by atoms with van der Waals surface area (Å²) >= 11 is 0. The molecule has 0 saturated carbocycles. The second-order valence-corrected chi connectivity index (χ2v) is 13.9. The highest BCUT2D eigenvalue weighted by atomic mass is 16.5. The van der Waals surface area contributed by atoms with E-state index in [1.54, 1.807) is 40.2 Å². The standard InChI is InChI=1S/C50H40N2O6/c1-5-57-49(53)43-29-42(32-16-26-40-38-12-8-10-14-46(38)52(48(40)28-32)34-19-23-36(56-4)24-20-34)44(50(54)58-6-2)30-41(43)31-15-25-39-37-11-7-9-13-45(37)51(47(39)27-31)33-17-21-35(55-3)22-18-33/h7-30H,5-6H2,1-4H3. The molecule has 0 aliphatic heterocycles. The molecule has 8 nitrogen and oxygen atoms in total. The van der Waals surface area contributed by atoms with Crippen molar-refractivity contribution in [1.82, 2.24) is 9.13 Å². The Bertz CT molecular complexity index is 2820. The first-order valence-electron chi connectivity index (χ1n) is 19.3. The Kier molecular flexibility index (Phi) is 9.38. The third-order valence-corrected chi connectivity index (χ3v) is 10.8. The Balaban J connectivity index is 1.28. The number of ether oxygens (including phenoxy) is 4. The monoisotopic (exact) mass is 764 g/mol. The van der Waals surface area contributed by atoms with Crippen LogP contribution in [0.2, 0.25) is 0 Å². The van der Waals surface area contributed by atoms with E-state index in [4.69, 9.17) is 18.9 Å². The highest BCUT2D eigenvalue weighted by molar-refractivity contribution is 6.13. The van der Waals surface area contributed by atoms with Crippen molar-refractivity contribution in [3.8, 4) is 45.1 Å². The summed E-state index contributed by atoms with van der Waals surface area (Å²) in [6.45, 7) is 3.95. The first kappa shape index (κ1) is 36.3. The second kappa shape index (κ2) is 15.0. The van der Waals surface area contributed by atoms with Crippen LogP contribution < -0.4 is 9.47 Å². The number of carbonyl (C=O) groups excluding carboxylic acids is 2. The number of para-hydroxylation sites is 2. The lowest BCUT2D eigenvalue weighted by molar-refractivity contribution is 0.0513. The van der Waals surface area contributed by atoms with E-state index < -0.39 is 11.9 Å². The molecule has 0 N–H and O–H groups in total. The number of methoxy groups -OCH3 is 2. The molecule has 0 aliphatic rings. The fraction of sp³-hybridized carbons (Fsp3) is 0.120. The fourth-order valence-electron chi connectivity index (χ4n) is 8.13. The van der Waals surface area contributed by atoms with Gasteiger partial charge in [0.25, 0.3) is 0 Å². The summed E-state index contributed by atoms with van der Waals surface area (Å²) in [5, 5.41) is 4.29. The van der Waals surface area contributed by atoms with E-state index in [2.05, 4.69) is 57.7 Å². The molecule has 9 aromatic rings.